The summed E-state index contributed by atoms with van der Waals surface area (Å²) in [6.07, 6.45) is 2.94. The highest BCUT2D eigenvalue weighted by Crippen LogP contribution is 2.18. The quantitative estimate of drug-likeness (QED) is 0.721. The van der Waals surface area contributed by atoms with Gasteiger partial charge in [-0.2, -0.15) is 0 Å². The molecule has 25 heavy (non-hydrogen) atoms. The van der Waals surface area contributed by atoms with Crippen LogP contribution in [0.1, 0.15) is 15.9 Å². The lowest BCUT2D eigenvalue weighted by Crippen LogP contribution is -2.11. The molecule has 126 valence electrons. The van der Waals surface area contributed by atoms with Crippen molar-refractivity contribution in [3.05, 3.63) is 83.0 Å². The maximum atomic E-state index is 12.9. The van der Waals surface area contributed by atoms with E-state index in [0.29, 0.717) is 28.6 Å². The van der Waals surface area contributed by atoms with Gasteiger partial charge in [-0.15, -0.1) is 0 Å². The predicted molar refractivity (Wildman–Crippen MR) is 95.2 cm³/mol. The summed E-state index contributed by atoms with van der Waals surface area (Å²) in [5, 5.41) is 6.33. The van der Waals surface area contributed by atoms with Crippen molar-refractivity contribution in [2.75, 3.05) is 10.6 Å². The molecule has 2 N–H and O–H groups in total. The van der Waals surface area contributed by atoms with Gasteiger partial charge >= 0.3 is 0 Å². The van der Waals surface area contributed by atoms with E-state index in [4.69, 9.17) is 11.6 Å². The Balaban J connectivity index is 1.59. The van der Waals surface area contributed by atoms with Gasteiger partial charge in [-0.05, 0) is 42.0 Å². The van der Waals surface area contributed by atoms with Crippen LogP contribution in [0.25, 0.3) is 0 Å². The van der Waals surface area contributed by atoms with E-state index in [1.165, 1.54) is 36.8 Å². The van der Waals surface area contributed by atoms with E-state index in [-0.39, 0.29) is 11.7 Å². The van der Waals surface area contributed by atoms with E-state index < -0.39 is 0 Å². The first-order valence-electron chi connectivity index (χ1n) is 7.47. The molecule has 0 aliphatic carbocycles. The van der Waals surface area contributed by atoms with Gasteiger partial charge in [0.05, 0.1) is 6.20 Å². The minimum atomic E-state index is -0.378. The van der Waals surface area contributed by atoms with Gasteiger partial charge in [0, 0.05) is 17.8 Å². The van der Waals surface area contributed by atoms with Crippen molar-refractivity contribution in [1.82, 2.24) is 9.97 Å². The largest absolute Gasteiger partial charge is 0.365 e. The second-order valence-electron chi connectivity index (χ2n) is 5.23. The van der Waals surface area contributed by atoms with Crippen LogP contribution >= 0.6 is 11.6 Å². The molecule has 3 rings (SSSR count). The summed E-state index contributed by atoms with van der Waals surface area (Å²) in [5.41, 5.74) is 2.04. The van der Waals surface area contributed by atoms with Crippen molar-refractivity contribution in [3.63, 3.8) is 0 Å². The zero-order valence-electron chi connectivity index (χ0n) is 13.0. The standard InChI is InChI=1S/C18H14ClFN4O/c19-16-10-21-11-23-17(16)22-9-12-1-7-15(8-2-12)24-18(25)13-3-5-14(20)6-4-13/h1-8,10-11H,9H2,(H,24,25)(H,21,22,23). The molecule has 0 radical (unpaired) electrons. The molecule has 1 heterocycles. The van der Waals surface area contributed by atoms with E-state index >= 15 is 0 Å². The van der Waals surface area contributed by atoms with Gasteiger partial charge in [0.15, 0.2) is 0 Å². The second kappa shape index (κ2) is 7.72. The van der Waals surface area contributed by atoms with Crippen LogP contribution in [0.5, 0.6) is 0 Å². The van der Waals surface area contributed by atoms with Crippen molar-refractivity contribution < 1.29 is 9.18 Å². The number of nitrogens with zero attached hydrogens (tertiary/aromatic N) is 2. The second-order valence-corrected chi connectivity index (χ2v) is 5.64. The molecule has 3 aromatic rings. The number of carbonyl (C=O) groups is 1. The number of aromatic nitrogens is 2. The van der Waals surface area contributed by atoms with Crippen molar-refractivity contribution in [3.8, 4) is 0 Å². The average Bonchev–Trinajstić information content (AvgIpc) is 2.63. The van der Waals surface area contributed by atoms with Gasteiger partial charge in [0.2, 0.25) is 0 Å². The molecule has 0 aliphatic heterocycles. The van der Waals surface area contributed by atoms with E-state index in [0.717, 1.165) is 5.56 Å². The minimum Gasteiger partial charge on any atom is -0.365 e. The average molecular weight is 357 g/mol. The summed E-state index contributed by atoms with van der Waals surface area (Å²) in [5.74, 6) is -0.110. The Morgan fingerprint density at radius 2 is 1.80 bits per heavy atom. The summed E-state index contributed by atoms with van der Waals surface area (Å²) >= 11 is 5.98. The van der Waals surface area contributed by atoms with E-state index in [1.54, 1.807) is 12.1 Å². The van der Waals surface area contributed by atoms with Crippen LogP contribution in [0, 0.1) is 5.82 Å². The van der Waals surface area contributed by atoms with Gasteiger partial charge in [0.1, 0.15) is 23.0 Å². The zero-order chi connectivity index (χ0) is 17.6. The molecule has 5 nitrogen and oxygen atoms in total. The van der Waals surface area contributed by atoms with Gasteiger partial charge in [0.25, 0.3) is 5.91 Å². The lowest BCUT2D eigenvalue weighted by atomic mass is 10.1. The van der Waals surface area contributed by atoms with Crippen LogP contribution < -0.4 is 10.6 Å². The maximum absolute atomic E-state index is 12.9. The number of carbonyl (C=O) groups excluding carboxylic acids is 1. The number of rotatable bonds is 5. The topological polar surface area (TPSA) is 66.9 Å². The molecule has 2 aromatic carbocycles. The fourth-order valence-electron chi connectivity index (χ4n) is 2.14. The summed E-state index contributed by atoms with van der Waals surface area (Å²) in [7, 11) is 0. The number of benzene rings is 2. The lowest BCUT2D eigenvalue weighted by molar-refractivity contribution is 0.102. The predicted octanol–water partition coefficient (Wildman–Crippen LogP) is 4.13. The van der Waals surface area contributed by atoms with Crippen LogP contribution in [0.2, 0.25) is 5.02 Å². The number of hydrogen-bond acceptors (Lipinski definition) is 4. The Hall–Kier alpha value is -2.99. The zero-order valence-corrected chi connectivity index (χ0v) is 13.8. The van der Waals surface area contributed by atoms with Crippen LogP contribution in [0.15, 0.2) is 61.1 Å². The first-order chi connectivity index (χ1) is 12.1. The summed E-state index contributed by atoms with van der Waals surface area (Å²) < 4.78 is 12.9. The third-order valence-corrected chi connectivity index (χ3v) is 3.72. The molecule has 1 amide bonds. The Bertz CT molecular complexity index is 869. The number of nitrogens with one attached hydrogen (secondary N) is 2. The minimum absolute atomic E-state index is 0.293. The number of hydrogen-bond donors (Lipinski definition) is 2. The monoisotopic (exact) mass is 356 g/mol. The Kier molecular flexibility index (Phi) is 5.20. The van der Waals surface area contributed by atoms with E-state index in [2.05, 4.69) is 20.6 Å². The molecule has 0 saturated carbocycles. The third kappa shape index (κ3) is 4.51. The van der Waals surface area contributed by atoms with Crippen LogP contribution in [-0.4, -0.2) is 15.9 Å². The molecule has 0 fully saturated rings. The van der Waals surface area contributed by atoms with Gasteiger partial charge in [-0.3, -0.25) is 4.79 Å². The molecule has 0 unspecified atom stereocenters. The number of anilines is 2. The van der Waals surface area contributed by atoms with Gasteiger partial charge in [-0.25, -0.2) is 14.4 Å². The van der Waals surface area contributed by atoms with Crippen molar-refractivity contribution in [2.45, 2.75) is 6.54 Å². The Labute approximate surface area is 148 Å². The van der Waals surface area contributed by atoms with Crippen LogP contribution in [-0.2, 0) is 6.54 Å². The Morgan fingerprint density at radius 1 is 1.08 bits per heavy atom. The molecule has 0 spiro atoms. The highest BCUT2D eigenvalue weighted by molar-refractivity contribution is 6.32. The lowest BCUT2D eigenvalue weighted by Gasteiger charge is -2.09. The Morgan fingerprint density at radius 3 is 2.48 bits per heavy atom. The molecule has 7 heteroatoms. The van der Waals surface area contributed by atoms with Gasteiger partial charge < -0.3 is 10.6 Å². The first-order valence-corrected chi connectivity index (χ1v) is 7.85. The van der Waals surface area contributed by atoms with Crippen LogP contribution in [0.3, 0.4) is 0 Å². The summed E-state index contributed by atoms with van der Waals surface area (Å²) in [4.78, 5) is 20.0. The summed E-state index contributed by atoms with van der Waals surface area (Å²) in [6.45, 7) is 0.531. The normalized spacial score (nSPS) is 10.3. The first kappa shape index (κ1) is 16.9. The highest BCUT2D eigenvalue weighted by Gasteiger charge is 2.06. The third-order valence-electron chi connectivity index (χ3n) is 3.45. The van der Waals surface area contributed by atoms with E-state index in [9.17, 15) is 9.18 Å². The fraction of sp³-hybridized carbons (Fsp3) is 0.0556. The van der Waals surface area contributed by atoms with Crippen molar-refractivity contribution in [2.24, 2.45) is 0 Å². The molecular formula is C18H14ClFN4O. The molecule has 0 aliphatic rings. The van der Waals surface area contributed by atoms with Crippen molar-refractivity contribution in [1.29, 1.82) is 0 Å². The smallest absolute Gasteiger partial charge is 0.255 e. The number of amides is 1. The molecular weight excluding hydrogens is 343 g/mol. The maximum Gasteiger partial charge on any atom is 0.255 e. The molecule has 0 bridgehead atoms. The number of halogens is 2. The molecule has 1 aromatic heterocycles. The van der Waals surface area contributed by atoms with Crippen molar-refractivity contribution >= 4 is 29.0 Å². The highest BCUT2D eigenvalue weighted by atomic mass is 35.5. The summed E-state index contributed by atoms with van der Waals surface area (Å²) in [6, 6.07) is 12.7. The van der Waals surface area contributed by atoms with E-state index in [1.807, 2.05) is 12.1 Å². The van der Waals surface area contributed by atoms with Crippen LogP contribution in [0.4, 0.5) is 15.9 Å². The SMILES string of the molecule is O=C(Nc1ccc(CNc2ncncc2Cl)cc1)c1ccc(F)cc1. The van der Waals surface area contributed by atoms with Gasteiger partial charge in [-0.1, -0.05) is 23.7 Å². The molecule has 0 saturated heterocycles. The molecule has 0 atom stereocenters. The fourth-order valence-corrected chi connectivity index (χ4v) is 2.31.